The molecular weight excluding hydrogens is 168 g/mol. The minimum absolute atomic E-state index is 0.220. The molecule has 0 heteroatoms. The molecule has 1 radical (unpaired) electrons. The van der Waals surface area contributed by atoms with Crippen LogP contribution in [0.15, 0.2) is 36.9 Å². The highest BCUT2D eigenvalue weighted by atomic mass is 14.2. The van der Waals surface area contributed by atoms with Crippen LogP contribution in [0, 0.1) is 5.92 Å². The SMILES string of the molecule is C=C[C](C)c1cccc(C(C)(C)C)c1. The van der Waals surface area contributed by atoms with Crippen LogP contribution in [0.4, 0.5) is 0 Å². The Bertz CT molecular complexity index is 315. The van der Waals surface area contributed by atoms with Crippen molar-refractivity contribution in [1.82, 2.24) is 0 Å². The standard InChI is InChI=1S/C14H19/c1-6-11(2)12-8-7-9-13(10-12)14(3,4)5/h6-10H,1H2,2-5H3. The smallest absolute Gasteiger partial charge is 0.0230 e. The van der Waals surface area contributed by atoms with E-state index in [2.05, 4.69) is 58.5 Å². The van der Waals surface area contributed by atoms with Crippen molar-refractivity contribution < 1.29 is 0 Å². The van der Waals surface area contributed by atoms with E-state index in [0.717, 1.165) is 0 Å². The van der Waals surface area contributed by atoms with Gasteiger partial charge in [0, 0.05) is 5.92 Å². The predicted molar refractivity (Wildman–Crippen MR) is 63.4 cm³/mol. The van der Waals surface area contributed by atoms with Gasteiger partial charge in [-0.15, -0.1) is 6.58 Å². The minimum Gasteiger partial charge on any atom is -0.102 e. The summed E-state index contributed by atoms with van der Waals surface area (Å²) in [6.45, 7) is 12.6. The third kappa shape index (κ3) is 2.47. The van der Waals surface area contributed by atoms with Crippen LogP contribution in [0.1, 0.15) is 38.8 Å². The molecule has 0 fully saturated rings. The van der Waals surface area contributed by atoms with Crippen molar-refractivity contribution in [3.8, 4) is 0 Å². The molecule has 0 aromatic heterocycles. The average molecular weight is 187 g/mol. The topological polar surface area (TPSA) is 0 Å². The van der Waals surface area contributed by atoms with Crippen LogP contribution in [0.2, 0.25) is 0 Å². The summed E-state index contributed by atoms with van der Waals surface area (Å²) in [7, 11) is 0. The molecule has 75 valence electrons. The number of rotatable bonds is 2. The van der Waals surface area contributed by atoms with Crippen molar-refractivity contribution in [1.29, 1.82) is 0 Å². The normalized spacial score (nSPS) is 11.8. The lowest BCUT2D eigenvalue weighted by Crippen LogP contribution is -2.11. The number of benzene rings is 1. The highest BCUT2D eigenvalue weighted by molar-refractivity contribution is 5.39. The second kappa shape index (κ2) is 4.00. The predicted octanol–water partition coefficient (Wildman–Crippen LogP) is 4.11. The van der Waals surface area contributed by atoms with Gasteiger partial charge >= 0.3 is 0 Å². The number of hydrogen-bond donors (Lipinski definition) is 0. The molecule has 0 saturated heterocycles. The Balaban J connectivity index is 3.07. The summed E-state index contributed by atoms with van der Waals surface area (Å²) in [5.74, 6) is 1.23. The van der Waals surface area contributed by atoms with E-state index < -0.39 is 0 Å². The lowest BCUT2D eigenvalue weighted by molar-refractivity contribution is 0.589. The molecule has 0 saturated carbocycles. The first-order chi connectivity index (χ1) is 6.45. The van der Waals surface area contributed by atoms with E-state index in [1.165, 1.54) is 17.0 Å². The van der Waals surface area contributed by atoms with Crippen LogP contribution in [0.25, 0.3) is 0 Å². The second-order valence-corrected chi connectivity index (χ2v) is 4.72. The molecule has 1 aromatic carbocycles. The molecule has 0 heterocycles. The fourth-order valence-electron chi connectivity index (χ4n) is 1.35. The fourth-order valence-corrected chi connectivity index (χ4v) is 1.35. The Kier molecular flexibility index (Phi) is 3.15. The summed E-state index contributed by atoms with van der Waals surface area (Å²) in [5, 5.41) is 0. The van der Waals surface area contributed by atoms with Gasteiger partial charge in [-0.05, 0) is 16.5 Å². The van der Waals surface area contributed by atoms with Crippen molar-refractivity contribution in [3.63, 3.8) is 0 Å². The van der Waals surface area contributed by atoms with E-state index in [9.17, 15) is 0 Å². The van der Waals surface area contributed by atoms with Gasteiger partial charge in [0.05, 0.1) is 0 Å². The van der Waals surface area contributed by atoms with Crippen LogP contribution in [0.3, 0.4) is 0 Å². The molecule has 0 nitrogen and oxygen atoms in total. The first kappa shape index (κ1) is 11.0. The van der Waals surface area contributed by atoms with Crippen molar-refractivity contribution in [2.75, 3.05) is 0 Å². The molecule has 0 amide bonds. The van der Waals surface area contributed by atoms with E-state index in [1.54, 1.807) is 0 Å². The van der Waals surface area contributed by atoms with Crippen LogP contribution in [-0.2, 0) is 5.41 Å². The summed E-state index contributed by atoms with van der Waals surface area (Å²) in [4.78, 5) is 0. The molecule has 1 rings (SSSR count). The lowest BCUT2D eigenvalue weighted by Gasteiger charge is -2.20. The Morgan fingerprint density at radius 3 is 2.43 bits per heavy atom. The molecular formula is C14H19. The molecule has 0 bridgehead atoms. The summed E-state index contributed by atoms with van der Waals surface area (Å²) in [6.07, 6.45) is 1.90. The highest BCUT2D eigenvalue weighted by Crippen LogP contribution is 2.25. The molecule has 14 heavy (non-hydrogen) atoms. The Morgan fingerprint density at radius 1 is 1.29 bits per heavy atom. The van der Waals surface area contributed by atoms with E-state index in [1.807, 2.05) is 6.08 Å². The second-order valence-electron chi connectivity index (χ2n) is 4.72. The molecule has 0 atom stereocenters. The van der Waals surface area contributed by atoms with Crippen molar-refractivity contribution in [3.05, 3.63) is 54.0 Å². The van der Waals surface area contributed by atoms with E-state index in [-0.39, 0.29) is 5.41 Å². The molecule has 0 aliphatic heterocycles. The molecule has 0 aliphatic carbocycles. The van der Waals surface area contributed by atoms with E-state index in [0.29, 0.717) is 0 Å². The van der Waals surface area contributed by atoms with Gasteiger partial charge in [0.15, 0.2) is 0 Å². The zero-order valence-corrected chi connectivity index (χ0v) is 9.59. The molecule has 0 N–H and O–H groups in total. The minimum atomic E-state index is 0.220. The maximum absolute atomic E-state index is 3.79. The maximum atomic E-state index is 3.79. The van der Waals surface area contributed by atoms with Crippen LogP contribution < -0.4 is 0 Å². The van der Waals surface area contributed by atoms with Crippen LogP contribution >= 0.6 is 0 Å². The zero-order valence-electron chi connectivity index (χ0n) is 9.59. The lowest BCUT2D eigenvalue weighted by atomic mass is 9.85. The van der Waals surface area contributed by atoms with Crippen LogP contribution in [0.5, 0.6) is 0 Å². The first-order valence-corrected chi connectivity index (χ1v) is 5.02. The quantitative estimate of drug-likeness (QED) is 0.653. The van der Waals surface area contributed by atoms with Crippen LogP contribution in [-0.4, -0.2) is 0 Å². The molecule has 0 aliphatic rings. The van der Waals surface area contributed by atoms with E-state index in [4.69, 9.17) is 0 Å². The average Bonchev–Trinajstić information content (AvgIpc) is 2.15. The van der Waals surface area contributed by atoms with Gasteiger partial charge in [0.1, 0.15) is 0 Å². The summed E-state index contributed by atoms with van der Waals surface area (Å²) < 4.78 is 0. The third-order valence-corrected chi connectivity index (χ3v) is 2.49. The van der Waals surface area contributed by atoms with Gasteiger partial charge in [-0.25, -0.2) is 0 Å². The number of allylic oxidation sites excluding steroid dienone is 1. The third-order valence-electron chi connectivity index (χ3n) is 2.49. The molecule has 0 spiro atoms. The Hall–Kier alpha value is -1.04. The Labute approximate surface area is 87.7 Å². The van der Waals surface area contributed by atoms with Gasteiger partial charge in [-0.2, -0.15) is 0 Å². The molecule has 0 unspecified atom stereocenters. The van der Waals surface area contributed by atoms with Gasteiger partial charge in [-0.1, -0.05) is 58.0 Å². The summed E-state index contributed by atoms with van der Waals surface area (Å²) >= 11 is 0. The van der Waals surface area contributed by atoms with Gasteiger partial charge in [-0.3, -0.25) is 0 Å². The maximum Gasteiger partial charge on any atom is 0.0230 e. The van der Waals surface area contributed by atoms with Crippen molar-refractivity contribution in [2.24, 2.45) is 0 Å². The number of hydrogen-bond acceptors (Lipinski definition) is 0. The van der Waals surface area contributed by atoms with Crippen molar-refractivity contribution in [2.45, 2.75) is 33.1 Å². The summed E-state index contributed by atoms with van der Waals surface area (Å²) in [5.41, 5.74) is 2.86. The summed E-state index contributed by atoms with van der Waals surface area (Å²) in [6, 6.07) is 8.67. The van der Waals surface area contributed by atoms with Crippen molar-refractivity contribution >= 4 is 0 Å². The van der Waals surface area contributed by atoms with E-state index >= 15 is 0 Å². The van der Waals surface area contributed by atoms with Gasteiger partial charge in [0.2, 0.25) is 0 Å². The van der Waals surface area contributed by atoms with Gasteiger partial charge < -0.3 is 0 Å². The monoisotopic (exact) mass is 187 g/mol. The fraction of sp³-hybridized carbons (Fsp3) is 0.357. The largest absolute Gasteiger partial charge is 0.102 e. The Morgan fingerprint density at radius 2 is 1.93 bits per heavy atom. The highest BCUT2D eigenvalue weighted by Gasteiger charge is 2.14. The zero-order chi connectivity index (χ0) is 10.8. The van der Waals surface area contributed by atoms with Gasteiger partial charge in [0.25, 0.3) is 0 Å². The molecule has 1 aromatic rings. The first-order valence-electron chi connectivity index (χ1n) is 5.02.